The van der Waals surface area contributed by atoms with Gasteiger partial charge >= 0.3 is 5.76 Å². The molecule has 0 aliphatic heterocycles. The largest absolute Gasteiger partial charge is 0.419 e. The van der Waals surface area contributed by atoms with E-state index in [0.717, 1.165) is 25.7 Å². The van der Waals surface area contributed by atoms with Crippen molar-refractivity contribution in [2.45, 2.75) is 30.6 Å². The lowest BCUT2D eigenvalue weighted by Crippen LogP contribution is -2.14. The Bertz CT molecular complexity index is 1180. The summed E-state index contributed by atoms with van der Waals surface area (Å²) in [6, 6.07) is 8.30. The van der Waals surface area contributed by atoms with Crippen molar-refractivity contribution in [1.82, 2.24) is 4.57 Å². The van der Waals surface area contributed by atoms with Gasteiger partial charge < -0.3 is 4.42 Å². The molecule has 1 aliphatic carbocycles. The Morgan fingerprint density at radius 3 is 2.62 bits per heavy atom. The highest BCUT2D eigenvalue weighted by Gasteiger charge is 2.22. The average Bonchev–Trinajstić information content (AvgIpc) is 2.88. The van der Waals surface area contributed by atoms with Gasteiger partial charge in [-0.05, 0) is 55.0 Å². The zero-order valence-corrected chi connectivity index (χ0v) is 15.7. The van der Waals surface area contributed by atoms with Gasteiger partial charge in [0, 0.05) is 18.8 Å². The Hall–Kier alpha value is -2.25. The second kappa shape index (κ2) is 6.17. The molecule has 0 unspecified atom stereocenters. The van der Waals surface area contributed by atoms with Gasteiger partial charge in [0.25, 0.3) is 10.0 Å². The third kappa shape index (κ3) is 2.91. The molecule has 0 fully saturated rings. The van der Waals surface area contributed by atoms with E-state index in [0.29, 0.717) is 11.2 Å². The van der Waals surface area contributed by atoms with Crippen LogP contribution in [0.5, 0.6) is 0 Å². The summed E-state index contributed by atoms with van der Waals surface area (Å²) in [7, 11) is -2.39. The number of nitrogens with zero attached hydrogens (tertiary/aromatic N) is 1. The van der Waals surface area contributed by atoms with Crippen molar-refractivity contribution >= 4 is 38.4 Å². The summed E-state index contributed by atoms with van der Waals surface area (Å²) in [5.41, 5.74) is 3.55. The lowest BCUT2D eigenvalue weighted by Gasteiger charge is -2.17. The highest BCUT2D eigenvalue weighted by atomic mass is 35.5. The number of anilines is 1. The number of halogens is 1. The third-order valence-corrected chi connectivity index (χ3v) is 6.58. The minimum absolute atomic E-state index is 0.0272. The van der Waals surface area contributed by atoms with E-state index in [2.05, 4.69) is 4.72 Å². The van der Waals surface area contributed by atoms with Crippen LogP contribution in [-0.2, 0) is 29.9 Å². The van der Waals surface area contributed by atoms with Crippen LogP contribution in [0.1, 0.15) is 24.0 Å². The van der Waals surface area contributed by atoms with Crippen molar-refractivity contribution in [1.29, 1.82) is 0 Å². The van der Waals surface area contributed by atoms with Crippen molar-refractivity contribution in [3.8, 4) is 0 Å². The number of nitrogens with one attached hydrogen (secondary N) is 1. The van der Waals surface area contributed by atoms with Gasteiger partial charge in [0.15, 0.2) is 5.58 Å². The molecule has 0 atom stereocenters. The summed E-state index contributed by atoms with van der Waals surface area (Å²) < 4.78 is 34.5. The minimum atomic E-state index is -3.92. The van der Waals surface area contributed by atoms with Gasteiger partial charge in [0.05, 0.1) is 10.5 Å². The molecule has 2 aromatic carbocycles. The van der Waals surface area contributed by atoms with Crippen LogP contribution in [0.3, 0.4) is 0 Å². The fourth-order valence-corrected chi connectivity index (χ4v) is 4.93. The van der Waals surface area contributed by atoms with Gasteiger partial charge in [-0.2, -0.15) is 0 Å². The van der Waals surface area contributed by atoms with Crippen LogP contribution in [-0.4, -0.2) is 13.0 Å². The van der Waals surface area contributed by atoms with Crippen LogP contribution in [0.4, 0.5) is 5.69 Å². The molecule has 6 nitrogen and oxygen atoms in total. The summed E-state index contributed by atoms with van der Waals surface area (Å²) in [6.45, 7) is 0. The van der Waals surface area contributed by atoms with Crippen molar-refractivity contribution in [2.75, 3.05) is 4.72 Å². The molecule has 0 saturated heterocycles. The summed E-state index contributed by atoms with van der Waals surface area (Å²) in [5.74, 6) is -0.576. The first kappa shape index (κ1) is 17.2. The van der Waals surface area contributed by atoms with Gasteiger partial charge in [-0.15, -0.1) is 0 Å². The van der Waals surface area contributed by atoms with Crippen LogP contribution < -0.4 is 10.5 Å². The van der Waals surface area contributed by atoms with Gasteiger partial charge in [0.2, 0.25) is 0 Å². The maximum Gasteiger partial charge on any atom is 0.419 e. The number of fused-ring (bicyclic) bond motifs is 2. The molecule has 3 aromatic rings. The topological polar surface area (TPSA) is 81.3 Å². The molecule has 136 valence electrons. The molecule has 0 saturated carbocycles. The first-order valence-corrected chi connectivity index (χ1v) is 10.1. The Labute approximate surface area is 155 Å². The monoisotopic (exact) mass is 392 g/mol. The van der Waals surface area contributed by atoms with Crippen LogP contribution in [0, 0.1) is 0 Å². The standard InChI is InChI=1S/C18H17ClN2O4S/c1-21-15-9-14(19)17(10-16(15)25-18(21)22)26(23,24)20-13-7-6-11-4-2-3-5-12(11)8-13/h6-10,20H,2-5H2,1H3. The zero-order chi connectivity index (χ0) is 18.5. The highest BCUT2D eigenvalue weighted by molar-refractivity contribution is 7.92. The second-order valence-electron chi connectivity index (χ2n) is 6.47. The molecule has 1 N–H and O–H groups in total. The van der Waals surface area contributed by atoms with Crippen molar-refractivity contribution in [3.63, 3.8) is 0 Å². The Balaban J connectivity index is 1.74. The number of aromatic nitrogens is 1. The van der Waals surface area contributed by atoms with E-state index < -0.39 is 15.8 Å². The normalized spacial score (nSPS) is 14.4. The van der Waals surface area contributed by atoms with E-state index in [1.165, 1.54) is 34.9 Å². The lowest BCUT2D eigenvalue weighted by molar-refractivity contribution is 0.527. The van der Waals surface area contributed by atoms with Gasteiger partial charge in [-0.3, -0.25) is 9.29 Å². The molecule has 8 heteroatoms. The Morgan fingerprint density at radius 1 is 1.12 bits per heavy atom. The zero-order valence-electron chi connectivity index (χ0n) is 14.1. The molecule has 1 aromatic heterocycles. The van der Waals surface area contributed by atoms with Gasteiger partial charge in [0.1, 0.15) is 4.90 Å². The Morgan fingerprint density at radius 2 is 1.85 bits per heavy atom. The summed E-state index contributed by atoms with van der Waals surface area (Å²) in [5, 5.41) is 0.0272. The number of rotatable bonds is 3. The lowest BCUT2D eigenvalue weighted by atomic mass is 9.91. The highest BCUT2D eigenvalue weighted by Crippen LogP contribution is 2.30. The van der Waals surface area contributed by atoms with E-state index in [9.17, 15) is 13.2 Å². The first-order valence-electron chi connectivity index (χ1n) is 8.29. The van der Waals surface area contributed by atoms with E-state index in [1.807, 2.05) is 12.1 Å². The van der Waals surface area contributed by atoms with Crippen LogP contribution >= 0.6 is 11.6 Å². The van der Waals surface area contributed by atoms with E-state index in [-0.39, 0.29) is 15.5 Å². The van der Waals surface area contributed by atoms with E-state index in [1.54, 1.807) is 6.07 Å². The molecule has 0 radical (unpaired) electrons. The smallest absolute Gasteiger partial charge is 0.408 e. The minimum Gasteiger partial charge on any atom is -0.408 e. The van der Waals surface area contributed by atoms with E-state index >= 15 is 0 Å². The second-order valence-corrected chi connectivity index (χ2v) is 8.53. The summed E-state index contributed by atoms with van der Waals surface area (Å²) >= 11 is 6.17. The molecule has 26 heavy (non-hydrogen) atoms. The predicted octanol–water partition coefficient (Wildman–Crippen LogP) is 3.46. The average molecular weight is 393 g/mol. The molecule has 0 bridgehead atoms. The maximum atomic E-state index is 12.8. The van der Waals surface area contributed by atoms with Crippen molar-refractivity contribution in [2.24, 2.45) is 7.05 Å². The summed E-state index contributed by atoms with van der Waals surface area (Å²) in [4.78, 5) is 11.5. The van der Waals surface area contributed by atoms with E-state index in [4.69, 9.17) is 16.0 Å². The van der Waals surface area contributed by atoms with Crippen LogP contribution in [0.25, 0.3) is 11.1 Å². The number of hydrogen-bond acceptors (Lipinski definition) is 4. The van der Waals surface area contributed by atoms with Crippen LogP contribution in [0.2, 0.25) is 5.02 Å². The Kier molecular flexibility index (Phi) is 4.08. The number of sulfonamides is 1. The molecule has 1 aliphatic rings. The number of oxazole rings is 1. The van der Waals surface area contributed by atoms with Gasteiger partial charge in [-0.25, -0.2) is 13.2 Å². The number of benzene rings is 2. The number of hydrogen-bond donors (Lipinski definition) is 1. The fourth-order valence-electron chi connectivity index (χ4n) is 3.34. The fraction of sp³-hybridized carbons (Fsp3) is 0.278. The quantitative estimate of drug-likeness (QED) is 0.740. The molecule has 0 spiro atoms. The molecular formula is C18H17ClN2O4S. The molecule has 0 amide bonds. The van der Waals surface area contributed by atoms with Gasteiger partial charge in [-0.1, -0.05) is 17.7 Å². The van der Waals surface area contributed by atoms with Crippen molar-refractivity contribution < 1.29 is 12.8 Å². The number of aryl methyl sites for hydroxylation is 3. The molecular weight excluding hydrogens is 376 g/mol. The third-order valence-electron chi connectivity index (χ3n) is 4.74. The maximum absolute atomic E-state index is 12.8. The summed E-state index contributed by atoms with van der Waals surface area (Å²) in [6.07, 6.45) is 4.25. The SMILES string of the molecule is Cn1c(=O)oc2cc(S(=O)(=O)Nc3ccc4c(c3)CCCC4)c(Cl)cc21. The first-order chi connectivity index (χ1) is 12.3. The predicted molar refractivity (Wildman–Crippen MR) is 100 cm³/mol. The van der Waals surface area contributed by atoms with Crippen molar-refractivity contribution in [3.05, 3.63) is 57.0 Å². The molecule has 4 rings (SSSR count). The van der Waals surface area contributed by atoms with Crippen LogP contribution in [0.15, 0.2) is 44.4 Å². The molecule has 1 heterocycles.